The zero-order chi connectivity index (χ0) is 30.7. The Morgan fingerprint density at radius 1 is 0.875 bits per heavy atom. The van der Waals surface area contributed by atoms with Crippen LogP contribution in [0, 0.1) is 0 Å². The van der Waals surface area contributed by atoms with Crippen molar-refractivity contribution in [2.45, 2.75) is 110 Å². The fourth-order valence-corrected chi connectivity index (χ4v) is 3.41. The molecule has 0 bridgehead atoms. The van der Waals surface area contributed by atoms with Crippen LogP contribution in [-0.4, -0.2) is 59.5 Å². The number of ether oxygens (including phenoxy) is 6. The van der Waals surface area contributed by atoms with Gasteiger partial charge in [-0.2, -0.15) is 0 Å². The van der Waals surface area contributed by atoms with Crippen molar-refractivity contribution in [1.29, 1.82) is 0 Å². The summed E-state index contributed by atoms with van der Waals surface area (Å²) in [6, 6.07) is 2.67. The number of carboxylic acids is 1. The topological polar surface area (TPSA) is 170 Å². The number of hydrogen-bond acceptors (Lipinski definition) is 11. The second-order valence-electron chi connectivity index (χ2n) is 11.3. The molecule has 40 heavy (non-hydrogen) atoms. The predicted octanol–water partition coefficient (Wildman–Crippen LogP) is 5.93. The van der Waals surface area contributed by atoms with E-state index in [0.29, 0.717) is 12.0 Å². The van der Waals surface area contributed by atoms with Gasteiger partial charge in [-0.25, -0.2) is 14.4 Å². The summed E-state index contributed by atoms with van der Waals surface area (Å²) in [4.78, 5) is 48.6. The lowest BCUT2D eigenvalue weighted by Crippen LogP contribution is -2.38. The molecule has 0 aliphatic heterocycles. The van der Waals surface area contributed by atoms with E-state index in [1.165, 1.54) is 18.2 Å². The van der Waals surface area contributed by atoms with Crippen molar-refractivity contribution < 1.29 is 52.7 Å². The molecule has 12 heteroatoms. The molecule has 0 aliphatic rings. The third-order valence-corrected chi connectivity index (χ3v) is 5.13. The summed E-state index contributed by atoms with van der Waals surface area (Å²) in [6.07, 6.45) is -1.22. The van der Waals surface area contributed by atoms with Crippen molar-refractivity contribution >= 4 is 24.4 Å². The van der Waals surface area contributed by atoms with E-state index in [1.807, 2.05) is 6.92 Å². The summed E-state index contributed by atoms with van der Waals surface area (Å²) in [6.45, 7) is 13.7. The van der Waals surface area contributed by atoms with Crippen molar-refractivity contribution in [3.8, 4) is 11.5 Å². The predicted molar refractivity (Wildman–Crippen MR) is 145 cm³/mol. The minimum Gasteiger partial charge on any atom is -0.480 e. The Hall–Kier alpha value is -3.54. The molecule has 1 aromatic rings. The van der Waals surface area contributed by atoms with Gasteiger partial charge in [0.25, 0.3) is 0 Å². The Morgan fingerprint density at radius 2 is 1.43 bits per heavy atom. The van der Waals surface area contributed by atoms with Crippen LogP contribution in [0.5, 0.6) is 11.5 Å². The van der Waals surface area contributed by atoms with Gasteiger partial charge >= 0.3 is 24.4 Å². The van der Waals surface area contributed by atoms with E-state index in [2.05, 4.69) is 0 Å². The highest BCUT2D eigenvalue weighted by Crippen LogP contribution is 2.35. The number of unbranched alkanes of at least 4 members (excludes halogenated alkanes) is 2. The molecule has 0 radical (unpaired) electrons. The van der Waals surface area contributed by atoms with Crippen molar-refractivity contribution in [3.63, 3.8) is 0 Å². The molecular formula is C28H43NO11. The highest BCUT2D eigenvalue weighted by Gasteiger charge is 2.31. The van der Waals surface area contributed by atoms with E-state index in [1.54, 1.807) is 48.5 Å². The first-order valence-corrected chi connectivity index (χ1v) is 13.2. The van der Waals surface area contributed by atoms with E-state index in [9.17, 15) is 24.3 Å². The number of aliphatic carboxylic acids is 1. The van der Waals surface area contributed by atoms with E-state index < -0.39 is 53.7 Å². The number of carboxylic acid groups (broad SMARTS) is 1. The molecule has 0 aromatic heterocycles. The summed E-state index contributed by atoms with van der Waals surface area (Å²) in [5.41, 5.74) is 4.58. The first-order valence-electron chi connectivity index (χ1n) is 13.2. The summed E-state index contributed by atoms with van der Waals surface area (Å²) in [7, 11) is 0. The van der Waals surface area contributed by atoms with Crippen LogP contribution in [0.4, 0.5) is 14.4 Å². The highest BCUT2D eigenvalue weighted by atomic mass is 16.8. The van der Waals surface area contributed by atoms with Gasteiger partial charge in [0.1, 0.15) is 23.3 Å². The first kappa shape index (κ1) is 34.5. The maximum Gasteiger partial charge on any atom is 0.514 e. The quantitative estimate of drug-likeness (QED) is 0.132. The van der Waals surface area contributed by atoms with Crippen molar-refractivity contribution in [3.05, 3.63) is 23.8 Å². The number of benzene rings is 1. The van der Waals surface area contributed by atoms with Gasteiger partial charge in [0.05, 0.1) is 6.61 Å². The largest absolute Gasteiger partial charge is 0.514 e. The normalized spacial score (nSPS) is 13.8. The van der Waals surface area contributed by atoms with Crippen LogP contribution in [0.2, 0.25) is 0 Å². The van der Waals surface area contributed by atoms with Crippen molar-refractivity contribution in [2.75, 3.05) is 6.61 Å². The first-order chi connectivity index (χ1) is 18.4. The Bertz CT molecular complexity index is 1010. The molecule has 3 N–H and O–H groups in total. The molecule has 1 rings (SSSR count). The molecule has 12 nitrogen and oxygen atoms in total. The average Bonchev–Trinajstić information content (AvgIpc) is 2.78. The number of carbonyl (C=O) groups excluding carboxylic acids is 3. The third-order valence-electron chi connectivity index (χ3n) is 5.13. The standard InChI is InChI=1S/C28H43NO11/c1-9-10-11-14-35-24(32)36-17(2)15-19(22(29)23(30)31)18-12-13-20(37-25(33)39-27(3,4)5)21(16-18)38-26(34)40-28(6,7)8/h12-13,16-17,19,22H,9-11,14-15,29H2,1-8H3,(H,30,31)/t17?,19?,22-/m0/s1. The van der Waals surface area contributed by atoms with Gasteiger partial charge < -0.3 is 39.3 Å². The smallest absolute Gasteiger partial charge is 0.480 e. The Balaban J connectivity index is 3.28. The number of carbonyl (C=O) groups is 4. The zero-order valence-corrected chi connectivity index (χ0v) is 24.6. The van der Waals surface area contributed by atoms with Gasteiger partial charge in [-0.3, -0.25) is 4.79 Å². The van der Waals surface area contributed by atoms with Crippen LogP contribution in [0.25, 0.3) is 0 Å². The molecule has 0 saturated carbocycles. The van der Waals surface area contributed by atoms with Crippen LogP contribution < -0.4 is 15.2 Å². The molecular weight excluding hydrogens is 526 g/mol. The molecule has 0 fully saturated rings. The van der Waals surface area contributed by atoms with Gasteiger partial charge in [0.15, 0.2) is 11.5 Å². The van der Waals surface area contributed by atoms with Crippen LogP contribution in [0.15, 0.2) is 18.2 Å². The lowest BCUT2D eigenvalue weighted by Gasteiger charge is -2.25. The zero-order valence-electron chi connectivity index (χ0n) is 24.6. The minimum atomic E-state index is -1.42. The molecule has 226 valence electrons. The number of rotatable bonds is 12. The van der Waals surface area contributed by atoms with Crippen LogP contribution in [0.1, 0.15) is 92.6 Å². The van der Waals surface area contributed by atoms with Crippen molar-refractivity contribution in [2.24, 2.45) is 5.73 Å². The summed E-state index contributed by atoms with van der Waals surface area (Å²) < 4.78 is 31.3. The van der Waals surface area contributed by atoms with Gasteiger partial charge in [-0.15, -0.1) is 0 Å². The van der Waals surface area contributed by atoms with Gasteiger partial charge in [-0.05, 0) is 79.0 Å². The van der Waals surface area contributed by atoms with E-state index in [0.717, 1.165) is 12.8 Å². The fraction of sp³-hybridized carbons (Fsp3) is 0.643. The maximum absolute atomic E-state index is 12.4. The van der Waals surface area contributed by atoms with Crippen LogP contribution >= 0.6 is 0 Å². The molecule has 0 saturated heterocycles. The van der Waals surface area contributed by atoms with Gasteiger partial charge in [-0.1, -0.05) is 25.8 Å². The Morgan fingerprint density at radius 3 is 1.93 bits per heavy atom. The second-order valence-corrected chi connectivity index (χ2v) is 11.3. The monoisotopic (exact) mass is 569 g/mol. The summed E-state index contributed by atoms with van der Waals surface area (Å²) in [5, 5.41) is 9.65. The SMILES string of the molecule is CCCCCOC(=O)OC(C)CC(c1ccc(OC(=O)OC(C)(C)C)c(OC(=O)OC(C)(C)C)c1)[C@H](N)C(=O)O. The van der Waals surface area contributed by atoms with E-state index in [-0.39, 0.29) is 24.5 Å². The summed E-state index contributed by atoms with van der Waals surface area (Å²) >= 11 is 0. The lowest BCUT2D eigenvalue weighted by atomic mass is 9.87. The highest BCUT2D eigenvalue weighted by molar-refractivity contribution is 5.75. The molecule has 1 aromatic carbocycles. The molecule has 0 aliphatic carbocycles. The van der Waals surface area contributed by atoms with Crippen LogP contribution in [0.3, 0.4) is 0 Å². The Labute approximate surface area is 235 Å². The fourth-order valence-electron chi connectivity index (χ4n) is 3.41. The molecule has 3 atom stereocenters. The maximum atomic E-state index is 12.4. The van der Waals surface area contributed by atoms with Crippen molar-refractivity contribution in [1.82, 2.24) is 0 Å². The van der Waals surface area contributed by atoms with E-state index in [4.69, 9.17) is 34.2 Å². The number of hydrogen-bond donors (Lipinski definition) is 2. The molecule has 2 unspecified atom stereocenters. The Kier molecular flexibility index (Phi) is 13.2. The molecule has 0 amide bonds. The third kappa shape index (κ3) is 13.5. The minimum absolute atomic E-state index is 0.00429. The van der Waals surface area contributed by atoms with E-state index >= 15 is 0 Å². The summed E-state index contributed by atoms with van der Waals surface area (Å²) in [5.74, 6) is -2.62. The van der Waals surface area contributed by atoms with Gasteiger partial charge in [0, 0.05) is 5.92 Å². The van der Waals surface area contributed by atoms with Gasteiger partial charge in [0.2, 0.25) is 0 Å². The van der Waals surface area contributed by atoms with Crippen LogP contribution in [-0.2, 0) is 23.7 Å². The second kappa shape index (κ2) is 15.3. The average molecular weight is 570 g/mol. The number of nitrogens with two attached hydrogens (primary N) is 1. The molecule has 0 heterocycles. The molecule has 0 spiro atoms. The lowest BCUT2D eigenvalue weighted by molar-refractivity contribution is -0.139.